The van der Waals surface area contributed by atoms with E-state index < -0.39 is 16.1 Å². The molecule has 9 heteroatoms. The van der Waals surface area contributed by atoms with Crippen molar-refractivity contribution in [2.75, 3.05) is 7.05 Å². The lowest BCUT2D eigenvalue weighted by Crippen LogP contribution is -2.37. The maximum absolute atomic E-state index is 12.4. The van der Waals surface area contributed by atoms with Crippen LogP contribution in [0.4, 0.5) is 4.79 Å². The topological polar surface area (TPSA) is 104 Å². The van der Waals surface area contributed by atoms with Gasteiger partial charge in [0.2, 0.25) is 5.91 Å². The molecule has 1 unspecified atom stereocenters. The Morgan fingerprint density at radius 3 is 2.56 bits per heavy atom. The lowest BCUT2D eigenvalue weighted by Gasteiger charge is -2.16. The lowest BCUT2D eigenvalue weighted by atomic mass is 10.1. The van der Waals surface area contributed by atoms with Crippen LogP contribution in [0.15, 0.2) is 40.6 Å². The third-order valence-corrected chi connectivity index (χ3v) is 6.45. The van der Waals surface area contributed by atoms with Crippen LogP contribution in [0.5, 0.6) is 0 Å². The first-order valence-corrected chi connectivity index (χ1v) is 10.8. The smallest absolute Gasteiger partial charge is 0.328 e. The summed E-state index contributed by atoms with van der Waals surface area (Å²) in [5.74, 6) is -0.193. The molecule has 0 saturated carbocycles. The average molecular weight is 410 g/mol. The molecule has 2 rings (SSSR count). The van der Waals surface area contributed by atoms with Crippen LogP contribution in [0.1, 0.15) is 35.4 Å². The molecule has 2 aromatic rings. The van der Waals surface area contributed by atoms with Crippen LogP contribution in [-0.2, 0) is 21.2 Å². The molecule has 146 valence electrons. The van der Waals surface area contributed by atoms with Gasteiger partial charge in [-0.2, -0.15) is 0 Å². The van der Waals surface area contributed by atoms with E-state index in [0.29, 0.717) is 11.1 Å². The highest BCUT2D eigenvalue weighted by Crippen LogP contribution is 2.22. The number of hydrogen-bond donors (Lipinski definition) is 3. The number of amides is 3. The molecule has 1 aromatic heterocycles. The number of carbonyl (C=O) groups is 2. The first-order valence-electron chi connectivity index (χ1n) is 8.43. The predicted molar refractivity (Wildman–Crippen MR) is 105 cm³/mol. The lowest BCUT2D eigenvalue weighted by molar-refractivity contribution is -0.121. The van der Waals surface area contributed by atoms with E-state index in [0.717, 1.165) is 11.3 Å². The van der Waals surface area contributed by atoms with Gasteiger partial charge in [-0.05, 0) is 42.0 Å². The second-order valence-electron chi connectivity index (χ2n) is 6.01. The summed E-state index contributed by atoms with van der Waals surface area (Å²) in [6, 6.07) is 7.77. The maximum atomic E-state index is 12.4. The number of rotatable bonds is 7. The van der Waals surface area contributed by atoms with Crippen LogP contribution in [0, 0.1) is 6.92 Å². The fraction of sp³-hybridized carbons (Fsp3) is 0.333. The first-order chi connectivity index (χ1) is 12.8. The second-order valence-corrected chi connectivity index (χ2v) is 8.64. The van der Waals surface area contributed by atoms with E-state index in [-0.39, 0.29) is 23.3 Å². The van der Waals surface area contributed by atoms with Crippen LogP contribution < -0.4 is 15.4 Å². The highest BCUT2D eigenvalue weighted by atomic mass is 32.2. The Labute approximate surface area is 163 Å². The van der Waals surface area contributed by atoms with E-state index in [4.69, 9.17) is 0 Å². The zero-order valence-electron chi connectivity index (χ0n) is 15.4. The Balaban J connectivity index is 2.15. The maximum Gasteiger partial charge on any atom is 0.328 e. The van der Waals surface area contributed by atoms with Gasteiger partial charge in [-0.3, -0.25) is 4.79 Å². The zero-order chi connectivity index (χ0) is 20.0. The summed E-state index contributed by atoms with van der Waals surface area (Å²) < 4.78 is 26.7. The molecule has 7 nitrogen and oxygen atoms in total. The van der Waals surface area contributed by atoms with Gasteiger partial charge < -0.3 is 10.6 Å². The van der Waals surface area contributed by atoms with E-state index in [9.17, 15) is 18.0 Å². The summed E-state index contributed by atoms with van der Waals surface area (Å²) >= 11 is 1.58. The number of carbonyl (C=O) groups excluding carboxylic acids is 2. The SMILES string of the molecule is CCC(NC(=O)Cc1ccc(C)c(S(=O)(=O)NC(=O)NC)c1)c1cccs1. The summed E-state index contributed by atoms with van der Waals surface area (Å²) in [6.07, 6.45) is 0.806. The van der Waals surface area contributed by atoms with Crippen molar-refractivity contribution in [3.05, 3.63) is 51.7 Å². The Kier molecular flexibility index (Phi) is 6.98. The standard InChI is InChI=1S/C18H23N3O4S2/c1-4-14(15-6-5-9-26-15)20-17(22)11-13-8-7-12(2)16(10-13)27(24,25)21-18(23)19-3/h5-10,14H,4,11H2,1-3H3,(H,20,22)(H2,19,21,23). The Morgan fingerprint density at radius 1 is 1.22 bits per heavy atom. The molecule has 1 heterocycles. The van der Waals surface area contributed by atoms with Gasteiger partial charge in [0.15, 0.2) is 0 Å². The fourth-order valence-electron chi connectivity index (χ4n) is 2.57. The van der Waals surface area contributed by atoms with Crippen LogP contribution in [-0.4, -0.2) is 27.4 Å². The van der Waals surface area contributed by atoms with Crippen molar-refractivity contribution >= 4 is 33.3 Å². The summed E-state index contributed by atoms with van der Waals surface area (Å²) in [6.45, 7) is 3.62. The highest BCUT2D eigenvalue weighted by molar-refractivity contribution is 7.90. The van der Waals surface area contributed by atoms with E-state index >= 15 is 0 Å². The Morgan fingerprint density at radius 2 is 1.96 bits per heavy atom. The fourth-order valence-corrected chi connectivity index (χ4v) is 4.68. The summed E-state index contributed by atoms with van der Waals surface area (Å²) in [5, 5.41) is 7.14. The molecule has 27 heavy (non-hydrogen) atoms. The molecule has 3 N–H and O–H groups in total. The van der Waals surface area contributed by atoms with Gasteiger partial charge in [-0.1, -0.05) is 25.1 Å². The number of aryl methyl sites for hydroxylation is 1. The Hall–Kier alpha value is -2.39. The minimum Gasteiger partial charge on any atom is -0.348 e. The molecule has 0 spiro atoms. The summed E-state index contributed by atoms with van der Waals surface area (Å²) in [7, 11) is -2.69. The number of thiophene rings is 1. The van der Waals surface area contributed by atoms with Gasteiger partial charge in [0.1, 0.15) is 0 Å². The van der Waals surface area contributed by atoms with Crippen LogP contribution in [0.25, 0.3) is 0 Å². The van der Waals surface area contributed by atoms with Gasteiger partial charge in [0.05, 0.1) is 17.4 Å². The highest BCUT2D eigenvalue weighted by Gasteiger charge is 2.21. The average Bonchev–Trinajstić information content (AvgIpc) is 3.15. The molecule has 3 amide bonds. The van der Waals surface area contributed by atoms with E-state index in [1.54, 1.807) is 30.4 Å². The molecular formula is C18H23N3O4S2. The second kappa shape index (κ2) is 9.01. The van der Waals surface area contributed by atoms with Crippen molar-refractivity contribution in [3.8, 4) is 0 Å². The molecule has 0 fully saturated rings. The minimum absolute atomic E-state index is 0.0262. The van der Waals surface area contributed by atoms with Gasteiger partial charge >= 0.3 is 6.03 Å². The molecule has 0 aliphatic heterocycles. The molecule has 1 aromatic carbocycles. The predicted octanol–water partition coefficient (Wildman–Crippen LogP) is 2.48. The normalized spacial score (nSPS) is 12.3. The first kappa shape index (κ1) is 20.9. The number of hydrogen-bond acceptors (Lipinski definition) is 5. The van der Waals surface area contributed by atoms with Crippen molar-refractivity contribution in [1.29, 1.82) is 0 Å². The molecular weight excluding hydrogens is 386 g/mol. The van der Waals surface area contributed by atoms with Crippen molar-refractivity contribution in [2.45, 2.75) is 37.6 Å². The van der Waals surface area contributed by atoms with Gasteiger partial charge in [0, 0.05) is 11.9 Å². The number of benzene rings is 1. The summed E-state index contributed by atoms with van der Waals surface area (Å²) in [5.41, 5.74) is 1.04. The zero-order valence-corrected chi connectivity index (χ0v) is 17.0. The van der Waals surface area contributed by atoms with Crippen LogP contribution >= 0.6 is 11.3 Å². The minimum atomic E-state index is -4.02. The van der Waals surface area contributed by atoms with Crippen molar-refractivity contribution in [2.24, 2.45) is 0 Å². The monoisotopic (exact) mass is 409 g/mol. The van der Waals surface area contributed by atoms with Crippen LogP contribution in [0.3, 0.4) is 0 Å². The van der Waals surface area contributed by atoms with Crippen molar-refractivity contribution in [1.82, 2.24) is 15.4 Å². The molecule has 1 atom stereocenters. The van der Waals surface area contributed by atoms with Gasteiger partial charge in [0.25, 0.3) is 10.0 Å². The van der Waals surface area contributed by atoms with Crippen LogP contribution in [0.2, 0.25) is 0 Å². The van der Waals surface area contributed by atoms with E-state index in [2.05, 4.69) is 10.6 Å². The van der Waals surface area contributed by atoms with E-state index in [1.165, 1.54) is 13.1 Å². The molecule has 0 saturated heterocycles. The number of nitrogens with one attached hydrogen (secondary N) is 3. The van der Waals surface area contributed by atoms with Crippen molar-refractivity contribution < 1.29 is 18.0 Å². The Bertz CT molecular complexity index is 909. The summed E-state index contributed by atoms with van der Waals surface area (Å²) in [4.78, 5) is 24.8. The van der Waals surface area contributed by atoms with E-state index in [1.807, 2.05) is 29.2 Å². The van der Waals surface area contributed by atoms with Gasteiger partial charge in [-0.15, -0.1) is 11.3 Å². The third kappa shape index (κ3) is 5.54. The largest absolute Gasteiger partial charge is 0.348 e. The molecule has 0 aliphatic carbocycles. The van der Waals surface area contributed by atoms with Gasteiger partial charge in [-0.25, -0.2) is 17.9 Å². The molecule has 0 radical (unpaired) electrons. The van der Waals surface area contributed by atoms with Crippen molar-refractivity contribution in [3.63, 3.8) is 0 Å². The molecule has 0 bridgehead atoms. The quantitative estimate of drug-likeness (QED) is 0.653. The number of urea groups is 1. The number of sulfonamides is 1. The third-order valence-electron chi connectivity index (χ3n) is 3.99. The molecule has 0 aliphatic rings.